The van der Waals surface area contributed by atoms with Crippen LogP contribution in [0.5, 0.6) is 0 Å². The normalized spacial score (nSPS) is 11.4. The minimum Gasteiger partial charge on any atom is -0.466 e. The molecule has 0 bridgehead atoms. The Bertz CT molecular complexity index is 287. The molecule has 6 heteroatoms. The summed E-state index contributed by atoms with van der Waals surface area (Å²) in [5, 5.41) is 2.83. The van der Waals surface area contributed by atoms with Gasteiger partial charge in [0.15, 0.2) is 0 Å². The largest absolute Gasteiger partial charge is 0.466 e. The van der Waals surface area contributed by atoms with E-state index in [9.17, 15) is 14.4 Å². The Morgan fingerprint density at radius 3 is 2.38 bits per heavy atom. The summed E-state index contributed by atoms with van der Waals surface area (Å²) in [6.07, 6.45) is 1.17. The zero-order chi connectivity index (χ0) is 12.4. The number of esters is 1. The number of carbonyl (C=O) groups is 3. The standard InChI is InChI=1S/C10H16N2O4/c1-16-10(15)8(2-6-13)9(3-7-14)12-5-4-11/h6-7,12H,2-5,11H2,1H3. The molecule has 0 heterocycles. The van der Waals surface area contributed by atoms with E-state index in [1.54, 1.807) is 0 Å². The van der Waals surface area contributed by atoms with E-state index in [-0.39, 0.29) is 18.4 Å². The SMILES string of the molecule is COC(=O)C(CC=O)=C(CC=O)NCCN. The van der Waals surface area contributed by atoms with Crippen LogP contribution in [0.4, 0.5) is 0 Å². The molecule has 0 rings (SSSR count). The third kappa shape index (κ3) is 4.70. The van der Waals surface area contributed by atoms with Crippen LogP contribution in [0.15, 0.2) is 11.3 Å². The summed E-state index contributed by atoms with van der Waals surface area (Å²) in [4.78, 5) is 32.2. The van der Waals surface area contributed by atoms with Crippen molar-refractivity contribution in [3.8, 4) is 0 Å². The maximum Gasteiger partial charge on any atom is 0.335 e. The smallest absolute Gasteiger partial charge is 0.335 e. The highest BCUT2D eigenvalue weighted by molar-refractivity contribution is 5.92. The summed E-state index contributed by atoms with van der Waals surface area (Å²) in [7, 11) is 1.22. The van der Waals surface area contributed by atoms with Crippen LogP contribution in [0, 0.1) is 0 Å². The number of carbonyl (C=O) groups excluding carboxylic acids is 3. The number of nitrogens with one attached hydrogen (secondary N) is 1. The molecular weight excluding hydrogens is 212 g/mol. The van der Waals surface area contributed by atoms with E-state index in [2.05, 4.69) is 10.1 Å². The predicted molar refractivity (Wildman–Crippen MR) is 57.5 cm³/mol. The predicted octanol–water partition coefficient (Wildman–Crippen LogP) is -0.860. The van der Waals surface area contributed by atoms with Crippen LogP contribution in [-0.4, -0.2) is 38.7 Å². The number of methoxy groups -OCH3 is 1. The summed E-state index contributed by atoms with van der Waals surface area (Å²) in [5.41, 5.74) is 5.85. The molecule has 3 N–H and O–H groups in total. The lowest BCUT2D eigenvalue weighted by atomic mass is 10.1. The highest BCUT2D eigenvalue weighted by atomic mass is 16.5. The van der Waals surface area contributed by atoms with Crippen molar-refractivity contribution in [2.24, 2.45) is 5.73 Å². The van der Waals surface area contributed by atoms with Gasteiger partial charge < -0.3 is 25.4 Å². The number of ether oxygens (including phenoxy) is 1. The maximum atomic E-state index is 11.4. The lowest BCUT2D eigenvalue weighted by molar-refractivity contribution is -0.136. The van der Waals surface area contributed by atoms with Crippen molar-refractivity contribution in [2.45, 2.75) is 12.8 Å². The van der Waals surface area contributed by atoms with Crippen LogP contribution in [0.2, 0.25) is 0 Å². The quantitative estimate of drug-likeness (QED) is 0.318. The van der Waals surface area contributed by atoms with E-state index in [4.69, 9.17) is 5.73 Å². The zero-order valence-corrected chi connectivity index (χ0v) is 9.19. The van der Waals surface area contributed by atoms with E-state index >= 15 is 0 Å². The Morgan fingerprint density at radius 1 is 1.31 bits per heavy atom. The molecule has 0 radical (unpaired) electrons. The molecule has 0 aromatic rings. The van der Waals surface area contributed by atoms with Crippen molar-refractivity contribution in [1.82, 2.24) is 5.32 Å². The number of hydrogen-bond acceptors (Lipinski definition) is 6. The van der Waals surface area contributed by atoms with Gasteiger partial charge in [0.25, 0.3) is 0 Å². The van der Waals surface area contributed by atoms with Gasteiger partial charge in [-0.3, -0.25) is 0 Å². The lowest BCUT2D eigenvalue weighted by Crippen LogP contribution is -2.25. The fraction of sp³-hybridized carbons (Fsp3) is 0.500. The summed E-state index contributed by atoms with van der Waals surface area (Å²) in [6, 6.07) is 0. The molecule has 0 aromatic carbocycles. The number of nitrogens with two attached hydrogens (primary N) is 1. The molecule has 0 aliphatic heterocycles. The number of aldehydes is 2. The van der Waals surface area contributed by atoms with E-state index in [0.29, 0.717) is 31.4 Å². The lowest BCUT2D eigenvalue weighted by Gasteiger charge is -2.12. The molecule has 16 heavy (non-hydrogen) atoms. The van der Waals surface area contributed by atoms with Gasteiger partial charge in [0.05, 0.1) is 12.7 Å². The fourth-order valence-corrected chi connectivity index (χ4v) is 1.14. The Morgan fingerprint density at radius 2 is 1.94 bits per heavy atom. The number of rotatable bonds is 8. The molecular formula is C10H16N2O4. The third-order valence-corrected chi connectivity index (χ3v) is 1.85. The number of allylic oxidation sites excluding steroid dienone is 1. The molecule has 0 aliphatic carbocycles. The minimum atomic E-state index is -0.617. The van der Waals surface area contributed by atoms with Crippen molar-refractivity contribution >= 4 is 18.5 Å². The molecule has 90 valence electrons. The van der Waals surface area contributed by atoms with Crippen LogP contribution in [0.3, 0.4) is 0 Å². The van der Waals surface area contributed by atoms with Gasteiger partial charge in [0, 0.05) is 31.6 Å². The maximum absolute atomic E-state index is 11.4. The monoisotopic (exact) mass is 228 g/mol. The molecule has 0 saturated carbocycles. The average molecular weight is 228 g/mol. The van der Waals surface area contributed by atoms with Crippen molar-refractivity contribution < 1.29 is 19.1 Å². The first kappa shape index (κ1) is 14.3. The van der Waals surface area contributed by atoms with Gasteiger partial charge in [-0.15, -0.1) is 0 Å². The summed E-state index contributed by atoms with van der Waals surface area (Å²) < 4.78 is 4.53. The minimum absolute atomic E-state index is 0.0261. The van der Waals surface area contributed by atoms with E-state index < -0.39 is 5.97 Å². The number of hydrogen-bond donors (Lipinski definition) is 2. The van der Waals surface area contributed by atoms with Crippen LogP contribution < -0.4 is 11.1 Å². The molecule has 0 aromatic heterocycles. The molecule has 6 nitrogen and oxygen atoms in total. The highest BCUT2D eigenvalue weighted by Crippen LogP contribution is 2.10. The first-order valence-electron chi connectivity index (χ1n) is 4.82. The fourth-order valence-electron chi connectivity index (χ4n) is 1.14. The Kier molecular flexibility index (Phi) is 7.70. The van der Waals surface area contributed by atoms with Gasteiger partial charge in [-0.1, -0.05) is 0 Å². The van der Waals surface area contributed by atoms with Crippen LogP contribution in [0.25, 0.3) is 0 Å². The second kappa shape index (κ2) is 8.60. The van der Waals surface area contributed by atoms with Gasteiger partial charge in [0.2, 0.25) is 0 Å². The van der Waals surface area contributed by atoms with Crippen LogP contribution in [0.1, 0.15) is 12.8 Å². The van der Waals surface area contributed by atoms with E-state index in [1.165, 1.54) is 7.11 Å². The summed E-state index contributed by atoms with van der Waals surface area (Å²) in [5.74, 6) is -0.617. The highest BCUT2D eigenvalue weighted by Gasteiger charge is 2.15. The average Bonchev–Trinajstić information content (AvgIpc) is 2.31. The van der Waals surface area contributed by atoms with Crippen LogP contribution >= 0.6 is 0 Å². The molecule has 0 atom stereocenters. The second-order valence-electron chi connectivity index (χ2n) is 2.91. The first-order chi connectivity index (χ1) is 7.71. The van der Waals surface area contributed by atoms with Gasteiger partial charge in [-0.25, -0.2) is 4.79 Å². The molecule has 0 saturated heterocycles. The van der Waals surface area contributed by atoms with E-state index in [0.717, 1.165) is 0 Å². The van der Waals surface area contributed by atoms with Crippen molar-refractivity contribution in [3.63, 3.8) is 0 Å². The zero-order valence-electron chi connectivity index (χ0n) is 9.19. The summed E-state index contributed by atoms with van der Waals surface area (Å²) >= 11 is 0. The van der Waals surface area contributed by atoms with Crippen molar-refractivity contribution in [3.05, 3.63) is 11.3 Å². The van der Waals surface area contributed by atoms with E-state index in [1.807, 2.05) is 0 Å². The van der Waals surface area contributed by atoms with Gasteiger partial charge in [-0.05, 0) is 0 Å². The van der Waals surface area contributed by atoms with Crippen molar-refractivity contribution in [1.29, 1.82) is 0 Å². The Labute approximate surface area is 93.8 Å². The molecule has 0 fully saturated rings. The first-order valence-corrected chi connectivity index (χ1v) is 4.82. The molecule has 0 aliphatic rings. The third-order valence-electron chi connectivity index (χ3n) is 1.85. The second-order valence-corrected chi connectivity index (χ2v) is 2.91. The summed E-state index contributed by atoms with van der Waals surface area (Å²) in [6.45, 7) is 0.778. The van der Waals surface area contributed by atoms with Crippen molar-refractivity contribution in [2.75, 3.05) is 20.2 Å². The Balaban J connectivity index is 4.97. The topological polar surface area (TPSA) is 98.5 Å². The van der Waals surface area contributed by atoms with Gasteiger partial charge in [0.1, 0.15) is 12.6 Å². The van der Waals surface area contributed by atoms with Gasteiger partial charge >= 0.3 is 5.97 Å². The van der Waals surface area contributed by atoms with Gasteiger partial charge in [-0.2, -0.15) is 0 Å². The molecule has 0 amide bonds. The Hall–Kier alpha value is -1.69. The molecule has 0 spiro atoms. The molecule has 0 unspecified atom stereocenters. The van der Waals surface area contributed by atoms with Crippen LogP contribution in [-0.2, 0) is 19.1 Å².